The zero-order chi connectivity index (χ0) is 16.2. The van der Waals surface area contributed by atoms with E-state index in [9.17, 15) is 9.59 Å². The van der Waals surface area contributed by atoms with Crippen LogP contribution in [0, 0.1) is 0 Å². The summed E-state index contributed by atoms with van der Waals surface area (Å²) in [5, 5.41) is 10.2. The molecule has 1 saturated heterocycles. The second-order valence-corrected chi connectivity index (χ2v) is 5.21. The quantitative estimate of drug-likeness (QED) is 0.868. The maximum atomic E-state index is 12.0. The first-order valence-electron chi connectivity index (χ1n) is 7.30. The van der Waals surface area contributed by atoms with Crippen molar-refractivity contribution in [2.75, 3.05) is 25.0 Å². The minimum atomic E-state index is -0.435. The van der Waals surface area contributed by atoms with Gasteiger partial charge in [0, 0.05) is 32.3 Å². The number of aryl methyl sites for hydroxylation is 1. The molecule has 0 radical (unpaired) electrons. The van der Waals surface area contributed by atoms with Gasteiger partial charge in [0.25, 0.3) is 11.8 Å². The lowest BCUT2D eigenvalue weighted by Crippen LogP contribution is -2.32. The van der Waals surface area contributed by atoms with E-state index < -0.39 is 5.91 Å². The van der Waals surface area contributed by atoms with Crippen LogP contribution in [0.3, 0.4) is 0 Å². The summed E-state index contributed by atoms with van der Waals surface area (Å²) >= 11 is 0. The normalized spacial score (nSPS) is 14.0. The molecular formula is C14H17N5O4. The van der Waals surface area contributed by atoms with Crippen molar-refractivity contribution >= 4 is 17.6 Å². The van der Waals surface area contributed by atoms with Gasteiger partial charge in [-0.25, -0.2) is 4.68 Å². The van der Waals surface area contributed by atoms with E-state index in [1.165, 1.54) is 23.1 Å². The summed E-state index contributed by atoms with van der Waals surface area (Å²) in [5.74, 6) is 0.155. The lowest BCUT2D eigenvalue weighted by atomic mass is 10.4. The largest absolute Gasteiger partial charge is 0.468 e. The highest BCUT2D eigenvalue weighted by atomic mass is 16.5. The van der Waals surface area contributed by atoms with Crippen LogP contribution in [0.5, 0.6) is 5.88 Å². The van der Waals surface area contributed by atoms with E-state index in [4.69, 9.17) is 4.74 Å². The molecule has 1 N–H and O–H groups in total. The van der Waals surface area contributed by atoms with Crippen molar-refractivity contribution in [3.63, 3.8) is 0 Å². The fourth-order valence-corrected chi connectivity index (χ4v) is 2.35. The van der Waals surface area contributed by atoms with Gasteiger partial charge in [0.1, 0.15) is 6.26 Å². The van der Waals surface area contributed by atoms with Gasteiger partial charge in [-0.3, -0.25) is 9.59 Å². The minimum absolute atomic E-state index is 0.0581. The predicted octanol–water partition coefficient (Wildman–Crippen LogP) is 0.662. The van der Waals surface area contributed by atoms with E-state index >= 15 is 0 Å². The van der Waals surface area contributed by atoms with E-state index in [0.717, 1.165) is 25.9 Å². The number of ether oxygens (including phenoxy) is 1. The standard InChI is InChI=1S/C14H17N5O4/c1-18-13(22-9-12(20)19-5-2-3-6-19)8-10(16-18)14(21)15-11-4-7-23-17-11/h4,7-8H,2-3,5-6,9H2,1H3,(H,15,17,21). The van der Waals surface area contributed by atoms with Crippen LogP contribution < -0.4 is 10.1 Å². The molecule has 3 heterocycles. The minimum Gasteiger partial charge on any atom is -0.468 e. The molecular weight excluding hydrogens is 302 g/mol. The number of aromatic nitrogens is 3. The molecule has 0 spiro atoms. The molecule has 0 unspecified atom stereocenters. The summed E-state index contributed by atoms with van der Waals surface area (Å²) in [6.45, 7) is 1.49. The maximum Gasteiger partial charge on any atom is 0.277 e. The molecule has 9 heteroatoms. The fourth-order valence-electron chi connectivity index (χ4n) is 2.35. The topological polar surface area (TPSA) is 102 Å². The first-order chi connectivity index (χ1) is 11.1. The summed E-state index contributed by atoms with van der Waals surface area (Å²) in [6, 6.07) is 3.00. The third-order valence-electron chi connectivity index (χ3n) is 3.55. The van der Waals surface area contributed by atoms with Crippen molar-refractivity contribution in [1.29, 1.82) is 0 Å². The molecule has 2 aromatic rings. The molecule has 1 aliphatic heterocycles. The van der Waals surface area contributed by atoms with Crippen LogP contribution in [-0.4, -0.2) is 51.3 Å². The van der Waals surface area contributed by atoms with Gasteiger partial charge in [-0.15, -0.1) is 0 Å². The fraction of sp³-hybridized carbons (Fsp3) is 0.429. The third kappa shape index (κ3) is 3.50. The van der Waals surface area contributed by atoms with E-state index in [2.05, 4.69) is 20.1 Å². The number of anilines is 1. The number of hydrogen-bond donors (Lipinski definition) is 1. The molecule has 2 aromatic heterocycles. The van der Waals surface area contributed by atoms with E-state index in [1.807, 2.05) is 0 Å². The molecule has 9 nitrogen and oxygen atoms in total. The zero-order valence-electron chi connectivity index (χ0n) is 12.7. The van der Waals surface area contributed by atoms with Crippen LogP contribution in [0.2, 0.25) is 0 Å². The summed E-state index contributed by atoms with van der Waals surface area (Å²) in [6.07, 6.45) is 3.42. The van der Waals surface area contributed by atoms with Crippen molar-refractivity contribution in [1.82, 2.24) is 19.8 Å². The predicted molar refractivity (Wildman–Crippen MR) is 79.0 cm³/mol. The molecule has 0 aliphatic carbocycles. The molecule has 23 heavy (non-hydrogen) atoms. The van der Waals surface area contributed by atoms with Crippen molar-refractivity contribution in [3.8, 4) is 5.88 Å². The Kier molecular flexibility index (Phi) is 4.26. The highest BCUT2D eigenvalue weighted by Crippen LogP contribution is 2.14. The van der Waals surface area contributed by atoms with Crippen LogP contribution in [0.25, 0.3) is 0 Å². The number of nitrogens with zero attached hydrogens (tertiary/aromatic N) is 4. The molecule has 3 rings (SSSR count). The van der Waals surface area contributed by atoms with Crippen LogP contribution in [0.15, 0.2) is 22.9 Å². The second-order valence-electron chi connectivity index (χ2n) is 5.21. The first kappa shape index (κ1) is 15.1. The Balaban J connectivity index is 1.59. The van der Waals surface area contributed by atoms with E-state index in [0.29, 0.717) is 11.7 Å². The summed E-state index contributed by atoms with van der Waals surface area (Å²) < 4.78 is 11.5. The highest BCUT2D eigenvalue weighted by molar-refractivity contribution is 6.02. The van der Waals surface area contributed by atoms with Gasteiger partial charge in [0.15, 0.2) is 18.1 Å². The van der Waals surface area contributed by atoms with E-state index in [-0.39, 0.29) is 18.2 Å². The Labute approximate surface area is 132 Å². The molecule has 2 amide bonds. The second kappa shape index (κ2) is 6.51. The van der Waals surface area contributed by atoms with Gasteiger partial charge in [-0.1, -0.05) is 5.16 Å². The zero-order valence-corrected chi connectivity index (χ0v) is 12.7. The first-order valence-corrected chi connectivity index (χ1v) is 7.30. The number of amides is 2. The van der Waals surface area contributed by atoms with Gasteiger partial charge >= 0.3 is 0 Å². The highest BCUT2D eigenvalue weighted by Gasteiger charge is 2.20. The van der Waals surface area contributed by atoms with Gasteiger partial charge in [-0.2, -0.15) is 5.10 Å². The summed E-state index contributed by atoms with van der Waals surface area (Å²) in [7, 11) is 1.64. The van der Waals surface area contributed by atoms with Crippen LogP contribution in [0.1, 0.15) is 23.3 Å². The monoisotopic (exact) mass is 319 g/mol. The number of hydrogen-bond acceptors (Lipinski definition) is 6. The van der Waals surface area contributed by atoms with Gasteiger partial charge in [0.05, 0.1) is 0 Å². The van der Waals surface area contributed by atoms with Crippen LogP contribution in [-0.2, 0) is 11.8 Å². The summed E-state index contributed by atoms with van der Waals surface area (Å²) in [4.78, 5) is 25.8. The smallest absolute Gasteiger partial charge is 0.277 e. The number of rotatable bonds is 5. The number of carbonyl (C=O) groups is 2. The lowest BCUT2D eigenvalue weighted by Gasteiger charge is -2.15. The molecule has 122 valence electrons. The third-order valence-corrected chi connectivity index (χ3v) is 3.55. The van der Waals surface area contributed by atoms with Gasteiger partial charge in [-0.05, 0) is 12.8 Å². The van der Waals surface area contributed by atoms with Crippen molar-refractivity contribution in [3.05, 3.63) is 24.1 Å². The Morgan fingerprint density at radius 2 is 2.17 bits per heavy atom. The van der Waals surface area contributed by atoms with Crippen molar-refractivity contribution in [2.24, 2.45) is 7.05 Å². The lowest BCUT2D eigenvalue weighted by molar-refractivity contribution is -0.132. The van der Waals surface area contributed by atoms with Crippen LogP contribution in [0.4, 0.5) is 5.82 Å². The SMILES string of the molecule is Cn1nc(C(=O)Nc2ccon2)cc1OCC(=O)N1CCCC1. The van der Waals surface area contributed by atoms with Gasteiger partial charge in [0.2, 0.25) is 5.88 Å². The average Bonchev–Trinajstić information content (AvgIpc) is 3.27. The molecule has 0 aromatic carbocycles. The summed E-state index contributed by atoms with van der Waals surface area (Å²) in [5.41, 5.74) is 0.166. The average molecular weight is 319 g/mol. The Morgan fingerprint density at radius 3 is 2.87 bits per heavy atom. The molecule has 0 atom stereocenters. The molecule has 1 fully saturated rings. The Morgan fingerprint density at radius 1 is 1.39 bits per heavy atom. The van der Waals surface area contributed by atoms with E-state index in [1.54, 1.807) is 11.9 Å². The maximum absolute atomic E-state index is 12.0. The van der Waals surface area contributed by atoms with Gasteiger partial charge < -0.3 is 19.5 Å². The molecule has 1 aliphatic rings. The number of nitrogens with one attached hydrogen (secondary N) is 1. The Bertz CT molecular complexity index is 688. The van der Waals surface area contributed by atoms with Crippen molar-refractivity contribution in [2.45, 2.75) is 12.8 Å². The molecule has 0 saturated carbocycles. The molecule has 0 bridgehead atoms. The number of likely N-dealkylation sites (tertiary alicyclic amines) is 1. The van der Waals surface area contributed by atoms with Crippen molar-refractivity contribution < 1.29 is 18.8 Å². The number of carbonyl (C=O) groups excluding carboxylic acids is 2. The van der Waals surface area contributed by atoms with Crippen LogP contribution >= 0.6 is 0 Å². The Hall–Kier alpha value is -2.84.